The third-order valence-corrected chi connectivity index (χ3v) is 2.34. The fourth-order valence-electron chi connectivity index (χ4n) is 1.34. The highest BCUT2D eigenvalue weighted by molar-refractivity contribution is 5.79. The maximum atomic E-state index is 10.5. The van der Waals surface area contributed by atoms with Gasteiger partial charge in [0.05, 0.1) is 11.7 Å². The maximum Gasteiger partial charge on any atom is 0.153 e. The number of hydrogen-bond donors (Lipinski definition) is 1. The Kier molecular flexibility index (Phi) is 4.16. The highest BCUT2D eigenvalue weighted by Gasteiger charge is 2.07. The molecule has 0 aliphatic heterocycles. The zero-order valence-corrected chi connectivity index (χ0v) is 9.06. The summed E-state index contributed by atoms with van der Waals surface area (Å²) in [6.45, 7) is 4.10. The molecule has 1 aromatic rings. The van der Waals surface area contributed by atoms with E-state index in [0.717, 1.165) is 12.8 Å². The van der Waals surface area contributed by atoms with Crippen LogP contribution in [0.25, 0.3) is 0 Å². The van der Waals surface area contributed by atoms with Gasteiger partial charge in [-0.25, -0.2) is 0 Å². The Hall–Kier alpha value is -1.51. The highest BCUT2D eigenvalue weighted by Crippen LogP contribution is 2.23. The Labute approximate surface area is 89.7 Å². The van der Waals surface area contributed by atoms with Crippen LogP contribution in [-0.4, -0.2) is 17.5 Å². The number of carbonyl (C=O) groups is 1. The minimum Gasteiger partial charge on any atom is -0.507 e. The molecule has 0 saturated carbocycles. The highest BCUT2D eigenvalue weighted by atomic mass is 16.5. The van der Waals surface area contributed by atoms with Crippen LogP contribution in [0.2, 0.25) is 0 Å². The first-order valence-corrected chi connectivity index (χ1v) is 5.16. The van der Waals surface area contributed by atoms with Crippen LogP contribution in [0.5, 0.6) is 11.5 Å². The molecule has 1 N–H and O–H groups in total. The van der Waals surface area contributed by atoms with Crippen LogP contribution in [0.1, 0.15) is 37.0 Å². The average molecular weight is 208 g/mol. The van der Waals surface area contributed by atoms with Crippen molar-refractivity contribution in [1.82, 2.24) is 0 Å². The van der Waals surface area contributed by atoms with Gasteiger partial charge in [0.25, 0.3) is 0 Å². The number of rotatable bonds is 5. The molecule has 0 bridgehead atoms. The second-order valence-corrected chi connectivity index (χ2v) is 3.39. The van der Waals surface area contributed by atoms with Gasteiger partial charge in [-0.15, -0.1) is 0 Å². The quantitative estimate of drug-likeness (QED) is 0.757. The lowest BCUT2D eigenvalue weighted by Gasteiger charge is -2.15. The van der Waals surface area contributed by atoms with Crippen LogP contribution in [0.4, 0.5) is 0 Å². The van der Waals surface area contributed by atoms with E-state index in [0.29, 0.717) is 12.0 Å². The van der Waals surface area contributed by atoms with Gasteiger partial charge in [0.15, 0.2) is 6.29 Å². The zero-order valence-electron chi connectivity index (χ0n) is 9.06. The number of phenols is 1. The molecule has 0 unspecified atom stereocenters. The number of aldehydes is 1. The summed E-state index contributed by atoms with van der Waals surface area (Å²) in [7, 11) is 0. The van der Waals surface area contributed by atoms with Gasteiger partial charge >= 0.3 is 0 Å². The van der Waals surface area contributed by atoms with Crippen molar-refractivity contribution in [2.75, 3.05) is 0 Å². The van der Waals surface area contributed by atoms with Crippen LogP contribution in [0, 0.1) is 0 Å². The second kappa shape index (κ2) is 5.39. The van der Waals surface area contributed by atoms with Gasteiger partial charge in [0.2, 0.25) is 0 Å². The van der Waals surface area contributed by atoms with Crippen LogP contribution in [0.3, 0.4) is 0 Å². The first-order valence-electron chi connectivity index (χ1n) is 5.16. The van der Waals surface area contributed by atoms with E-state index in [2.05, 4.69) is 0 Å². The SMILES string of the molecule is CCC(CC)Oc1ccc(C=O)c(O)c1. The van der Waals surface area contributed by atoms with Crippen molar-refractivity contribution in [3.8, 4) is 11.5 Å². The van der Waals surface area contributed by atoms with Crippen LogP contribution >= 0.6 is 0 Å². The van der Waals surface area contributed by atoms with Crippen LogP contribution in [0.15, 0.2) is 18.2 Å². The van der Waals surface area contributed by atoms with E-state index in [1.807, 2.05) is 13.8 Å². The molecular formula is C12H16O3. The summed E-state index contributed by atoms with van der Waals surface area (Å²) >= 11 is 0. The average Bonchev–Trinajstić information content (AvgIpc) is 2.26. The summed E-state index contributed by atoms with van der Waals surface area (Å²) in [4.78, 5) is 10.5. The Balaban J connectivity index is 2.78. The van der Waals surface area contributed by atoms with Crippen molar-refractivity contribution in [3.05, 3.63) is 23.8 Å². The summed E-state index contributed by atoms with van der Waals surface area (Å²) in [6, 6.07) is 4.73. The molecule has 1 aromatic carbocycles. The predicted molar refractivity (Wildman–Crippen MR) is 58.5 cm³/mol. The summed E-state index contributed by atoms with van der Waals surface area (Å²) < 4.78 is 5.62. The molecule has 0 spiro atoms. The molecule has 0 aliphatic carbocycles. The predicted octanol–water partition coefficient (Wildman–Crippen LogP) is 2.77. The number of carbonyl (C=O) groups excluding carboxylic acids is 1. The minimum absolute atomic E-state index is 0.0338. The molecular weight excluding hydrogens is 192 g/mol. The molecule has 0 radical (unpaired) electrons. The molecule has 1 rings (SSSR count). The van der Waals surface area contributed by atoms with E-state index in [4.69, 9.17) is 4.74 Å². The van der Waals surface area contributed by atoms with Gasteiger partial charge in [0, 0.05) is 6.07 Å². The number of ether oxygens (including phenoxy) is 1. The Bertz CT molecular complexity index is 330. The van der Waals surface area contributed by atoms with Crippen molar-refractivity contribution >= 4 is 6.29 Å². The monoisotopic (exact) mass is 208 g/mol. The largest absolute Gasteiger partial charge is 0.507 e. The van der Waals surface area contributed by atoms with Crippen molar-refractivity contribution in [3.63, 3.8) is 0 Å². The second-order valence-electron chi connectivity index (χ2n) is 3.39. The number of phenolic OH excluding ortho intramolecular Hbond substituents is 1. The lowest BCUT2D eigenvalue weighted by molar-refractivity contribution is 0.112. The molecule has 0 heterocycles. The zero-order chi connectivity index (χ0) is 11.3. The summed E-state index contributed by atoms with van der Waals surface area (Å²) in [5.41, 5.74) is 0.284. The third-order valence-electron chi connectivity index (χ3n) is 2.34. The van der Waals surface area contributed by atoms with E-state index in [9.17, 15) is 9.90 Å². The molecule has 0 amide bonds. The van der Waals surface area contributed by atoms with Gasteiger partial charge in [0.1, 0.15) is 11.5 Å². The van der Waals surface area contributed by atoms with Gasteiger partial charge in [-0.05, 0) is 25.0 Å². The Morgan fingerprint density at radius 1 is 1.40 bits per heavy atom. The van der Waals surface area contributed by atoms with E-state index in [1.54, 1.807) is 12.1 Å². The normalized spacial score (nSPS) is 10.3. The fourth-order valence-corrected chi connectivity index (χ4v) is 1.34. The number of hydrogen-bond acceptors (Lipinski definition) is 3. The van der Waals surface area contributed by atoms with Gasteiger partial charge in [-0.1, -0.05) is 13.8 Å². The van der Waals surface area contributed by atoms with E-state index >= 15 is 0 Å². The number of aromatic hydroxyl groups is 1. The van der Waals surface area contributed by atoms with Crippen molar-refractivity contribution < 1.29 is 14.6 Å². The molecule has 0 saturated heterocycles. The summed E-state index contributed by atoms with van der Waals surface area (Å²) in [5.74, 6) is 0.570. The molecule has 0 aromatic heterocycles. The smallest absolute Gasteiger partial charge is 0.153 e. The fraction of sp³-hybridized carbons (Fsp3) is 0.417. The summed E-state index contributed by atoms with van der Waals surface area (Å²) in [6.07, 6.45) is 2.63. The maximum absolute atomic E-state index is 10.5. The molecule has 0 atom stereocenters. The first kappa shape index (κ1) is 11.6. The van der Waals surface area contributed by atoms with E-state index in [-0.39, 0.29) is 17.4 Å². The third kappa shape index (κ3) is 2.98. The molecule has 0 aliphatic rings. The minimum atomic E-state index is -0.0338. The lowest BCUT2D eigenvalue weighted by atomic mass is 10.2. The molecule has 0 fully saturated rings. The van der Waals surface area contributed by atoms with Crippen LogP contribution in [-0.2, 0) is 0 Å². The first-order chi connectivity index (χ1) is 7.21. The van der Waals surface area contributed by atoms with Crippen molar-refractivity contribution in [2.45, 2.75) is 32.8 Å². The van der Waals surface area contributed by atoms with Gasteiger partial charge < -0.3 is 9.84 Å². The topological polar surface area (TPSA) is 46.5 Å². The standard InChI is InChI=1S/C12H16O3/c1-3-10(4-2)15-11-6-5-9(8-13)12(14)7-11/h5-8,10,14H,3-4H2,1-2H3. The van der Waals surface area contributed by atoms with E-state index < -0.39 is 0 Å². The number of benzene rings is 1. The van der Waals surface area contributed by atoms with Gasteiger partial charge in [-0.2, -0.15) is 0 Å². The van der Waals surface area contributed by atoms with Crippen molar-refractivity contribution in [2.24, 2.45) is 0 Å². The molecule has 82 valence electrons. The van der Waals surface area contributed by atoms with Gasteiger partial charge in [-0.3, -0.25) is 4.79 Å². The summed E-state index contributed by atoms with van der Waals surface area (Å²) in [5, 5.41) is 9.44. The molecule has 15 heavy (non-hydrogen) atoms. The molecule has 3 nitrogen and oxygen atoms in total. The Morgan fingerprint density at radius 2 is 2.07 bits per heavy atom. The van der Waals surface area contributed by atoms with Crippen molar-refractivity contribution in [1.29, 1.82) is 0 Å². The van der Waals surface area contributed by atoms with E-state index in [1.165, 1.54) is 6.07 Å². The molecule has 3 heteroatoms. The van der Waals surface area contributed by atoms with Crippen LogP contribution < -0.4 is 4.74 Å². The lowest BCUT2D eigenvalue weighted by Crippen LogP contribution is -2.13. The Morgan fingerprint density at radius 3 is 2.53 bits per heavy atom.